The van der Waals surface area contributed by atoms with Gasteiger partial charge in [-0.1, -0.05) is 30.3 Å². The molecule has 0 unspecified atom stereocenters. The van der Waals surface area contributed by atoms with E-state index in [1.165, 1.54) is 0 Å². The monoisotopic (exact) mass is 420 g/mol. The van der Waals surface area contributed by atoms with Crippen LogP contribution in [0.2, 0.25) is 0 Å². The summed E-state index contributed by atoms with van der Waals surface area (Å²) in [5.74, 6) is -1.38. The molecule has 11 N–H and O–H groups in total. The van der Waals surface area contributed by atoms with Gasteiger partial charge in [-0.3, -0.25) is 19.4 Å². The SMILES string of the molecule is NCCNC(=O)[C@H](CCCN=C(N)N)NC(=O)[C@H](Cc1ccccc1)NC(=O)CN. The molecule has 0 spiro atoms. The van der Waals surface area contributed by atoms with Crippen molar-refractivity contribution in [1.29, 1.82) is 0 Å². The fourth-order valence-corrected chi connectivity index (χ4v) is 2.68. The van der Waals surface area contributed by atoms with Crippen LogP contribution >= 0.6 is 0 Å². The van der Waals surface area contributed by atoms with Gasteiger partial charge >= 0.3 is 0 Å². The largest absolute Gasteiger partial charge is 0.370 e. The molecule has 0 aliphatic carbocycles. The highest BCUT2D eigenvalue weighted by molar-refractivity contribution is 5.92. The second-order valence-corrected chi connectivity index (χ2v) is 6.60. The van der Waals surface area contributed by atoms with Crippen molar-refractivity contribution < 1.29 is 14.4 Å². The van der Waals surface area contributed by atoms with E-state index < -0.39 is 23.9 Å². The second-order valence-electron chi connectivity index (χ2n) is 6.60. The Morgan fingerprint density at radius 3 is 2.27 bits per heavy atom. The van der Waals surface area contributed by atoms with Crippen LogP contribution in [0.15, 0.2) is 35.3 Å². The summed E-state index contributed by atoms with van der Waals surface area (Å²) in [7, 11) is 0. The molecule has 0 saturated carbocycles. The Balaban J connectivity index is 2.87. The molecule has 0 saturated heterocycles. The van der Waals surface area contributed by atoms with Crippen molar-refractivity contribution in [1.82, 2.24) is 16.0 Å². The lowest BCUT2D eigenvalue weighted by atomic mass is 10.0. The molecule has 11 heteroatoms. The number of carbonyl (C=O) groups is 3. The number of carbonyl (C=O) groups excluding carboxylic acids is 3. The Morgan fingerprint density at radius 1 is 0.967 bits per heavy atom. The van der Waals surface area contributed by atoms with Gasteiger partial charge in [-0.15, -0.1) is 0 Å². The molecule has 1 aromatic rings. The van der Waals surface area contributed by atoms with E-state index >= 15 is 0 Å². The van der Waals surface area contributed by atoms with Gasteiger partial charge in [-0.25, -0.2) is 0 Å². The molecule has 3 amide bonds. The van der Waals surface area contributed by atoms with Crippen LogP contribution in [0.4, 0.5) is 0 Å². The molecule has 0 aromatic heterocycles. The highest BCUT2D eigenvalue weighted by Gasteiger charge is 2.26. The van der Waals surface area contributed by atoms with Gasteiger partial charge in [0.25, 0.3) is 0 Å². The zero-order chi connectivity index (χ0) is 22.4. The maximum Gasteiger partial charge on any atom is 0.243 e. The number of nitrogens with one attached hydrogen (secondary N) is 3. The van der Waals surface area contributed by atoms with Gasteiger partial charge in [0.15, 0.2) is 5.96 Å². The Labute approximate surface area is 176 Å². The Bertz CT molecular complexity index is 707. The van der Waals surface area contributed by atoms with E-state index in [0.29, 0.717) is 19.4 Å². The average Bonchev–Trinajstić information content (AvgIpc) is 2.73. The van der Waals surface area contributed by atoms with E-state index in [2.05, 4.69) is 20.9 Å². The van der Waals surface area contributed by atoms with Crippen molar-refractivity contribution in [2.24, 2.45) is 27.9 Å². The molecule has 1 rings (SSSR count). The number of aliphatic imine (C=N–C) groups is 1. The highest BCUT2D eigenvalue weighted by atomic mass is 16.2. The summed E-state index contributed by atoms with van der Waals surface area (Å²) < 4.78 is 0. The molecule has 0 bridgehead atoms. The third-order valence-electron chi connectivity index (χ3n) is 4.14. The third-order valence-corrected chi connectivity index (χ3v) is 4.14. The van der Waals surface area contributed by atoms with Crippen molar-refractivity contribution in [3.05, 3.63) is 35.9 Å². The molecule has 0 fully saturated rings. The first-order valence-electron chi connectivity index (χ1n) is 9.74. The van der Waals surface area contributed by atoms with E-state index in [1.807, 2.05) is 30.3 Å². The normalized spacial score (nSPS) is 12.3. The first kappa shape index (κ1) is 24.9. The summed E-state index contributed by atoms with van der Waals surface area (Å²) >= 11 is 0. The first-order valence-corrected chi connectivity index (χ1v) is 9.74. The lowest BCUT2D eigenvalue weighted by molar-refractivity contribution is -0.131. The van der Waals surface area contributed by atoms with Crippen LogP contribution in [0.25, 0.3) is 0 Å². The number of nitrogens with zero attached hydrogens (tertiary/aromatic N) is 1. The smallest absolute Gasteiger partial charge is 0.243 e. The Kier molecular flexibility index (Phi) is 11.5. The highest BCUT2D eigenvalue weighted by Crippen LogP contribution is 2.06. The first-order chi connectivity index (χ1) is 14.4. The van der Waals surface area contributed by atoms with Crippen LogP contribution in [0.5, 0.6) is 0 Å². The van der Waals surface area contributed by atoms with Crippen molar-refractivity contribution in [3.8, 4) is 0 Å². The summed E-state index contributed by atoms with van der Waals surface area (Å²) in [5.41, 5.74) is 22.3. The van der Waals surface area contributed by atoms with E-state index in [1.54, 1.807) is 0 Å². The Morgan fingerprint density at radius 2 is 1.67 bits per heavy atom. The van der Waals surface area contributed by atoms with Gasteiger partial charge in [0.05, 0.1) is 6.54 Å². The van der Waals surface area contributed by atoms with Gasteiger partial charge in [-0.2, -0.15) is 0 Å². The number of nitrogens with two attached hydrogens (primary N) is 4. The average molecular weight is 421 g/mol. The van der Waals surface area contributed by atoms with Gasteiger partial charge in [0, 0.05) is 26.1 Å². The Hall–Kier alpha value is -3.18. The summed E-state index contributed by atoms with van der Waals surface area (Å²) in [4.78, 5) is 41.0. The molecule has 11 nitrogen and oxygen atoms in total. The summed E-state index contributed by atoms with van der Waals surface area (Å²) in [6, 6.07) is 7.50. The topological polar surface area (TPSA) is 204 Å². The van der Waals surface area contributed by atoms with E-state index in [-0.39, 0.29) is 37.9 Å². The van der Waals surface area contributed by atoms with E-state index in [0.717, 1.165) is 5.56 Å². The van der Waals surface area contributed by atoms with Crippen LogP contribution < -0.4 is 38.9 Å². The number of benzene rings is 1. The van der Waals surface area contributed by atoms with Gasteiger partial charge in [-0.05, 0) is 18.4 Å². The van der Waals surface area contributed by atoms with Crippen LogP contribution in [-0.2, 0) is 20.8 Å². The predicted octanol–water partition coefficient (Wildman–Crippen LogP) is -2.71. The maximum absolute atomic E-state index is 12.9. The molecule has 0 heterocycles. The van der Waals surface area contributed by atoms with E-state index in [9.17, 15) is 14.4 Å². The quantitative estimate of drug-likeness (QED) is 0.102. The lowest BCUT2D eigenvalue weighted by Crippen LogP contribution is -2.55. The lowest BCUT2D eigenvalue weighted by Gasteiger charge is -2.23. The van der Waals surface area contributed by atoms with Gasteiger partial charge in [0.2, 0.25) is 17.7 Å². The zero-order valence-corrected chi connectivity index (χ0v) is 17.0. The molecule has 0 radical (unpaired) electrons. The molecular weight excluding hydrogens is 388 g/mol. The molecule has 0 aliphatic heterocycles. The van der Waals surface area contributed by atoms with Crippen molar-refractivity contribution in [2.75, 3.05) is 26.2 Å². The third kappa shape index (κ3) is 9.85. The number of guanidine groups is 1. The summed E-state index contributed by atoms with van der Waals surface area (Å²) in [6.45, 7) is 0.605. The second kappa shape index (κ2) is 13.9. The van der Waals surface area contributed by atoms with Crippen LogP contribution in [0.3, 0.4) is 0 Å². The van der Waals surface area contributed by atoms with Gasteiger partial charge < -0.3 is 38.9 Å². The van der Waals surface area contributed by atoms with Gasteiger partial charge in [0.1, 0.15) is 12.1 Å². The van der Waals surface area contributed by atoms with Crippen LogP contribution in [0.1, 0.15) is 18.4 Å². The standard InChI is InChI=1S/C19H32N8O3/c20-8-10-24-17(29)14(7-4-9-25-19(22)23)27-18(30)15(26-16(28)12-21)11-13-5-2-1-3-6-13/h1-3,5-6,14-15H,4,7-12,20-21H2,(H,24,29)(H,26,28)(H,27,30)(H4,22,23,25)/t14-,15-/m0/s1. The minimum absolute atomic E-state index is 0.0457. The minimum atomic E-state index is -0.883. The molecule has 1 aromatic carbocycles. The van der Waals surface area contributed by atoms with Crippen molar-refractivity contribution >= 4 is 23.7 Å². The van der Waals surface area contributed by atoms with Crippen molar-refractivity contribution in [3.63, 3.8) is 0 Å². The minimum Gasteiger partial charge on any atom is -0.370 e. The summed E-state index contributed by atoms with van der Waals surface area (Å²) in [5, 5.41) is 7.96. The van der Waals surface area contributed by atoms with Crippen molar-refractivity contribution in [2.45, 2.75) is 31.3 Å². The number of rotatable bonds is 13. The van der Waals surface area contributed by atoms with E-state index in [4.69, 9.17) is 22.9 Å². The molecular formula is C19H32N8O3. The van der Waals surface area contributed by atoms with Crippen LogP contribution in [-0.4, -0.2) is 61.9 Å². The molecule has 30 heavy (non-hydrogen) atoms. The number of amides is 3. The zero-order valence-electron chi connectivity index (χ0n) is 17.0. The molecule has 2 atom stereocenters. The fraction of sp³-hybridized carbons (Fsp3) is 0.474. The number of hydrogen-bond donors (Lipinski definition) is 7. The predicted molar refractivity (Wildman–Crippen MR) is 115 cm³/mol. The van der Waals surface area contributed by atoms with Crippen LogP contribution in [0, 0.1) is 0 Å². The fourth-order valence-electron chi connectivity index (χ4n) is 2.68. The maximum atomic E-state index is 12.9. The number of hydrogen-bond acceptors (Lipinski definition) is 6. The molecule has 166 valence electrons. The summed E-state index contributed by atoms with van der Waals surface area (Å²) in [6.07, 6.45) is 1.03. The molecule has 0 aliphatic rings.